The fraction of sp³-hybridized carbons (Fsp3) is 0.875. The molecule has 1 amide bonds. The smallest absolute Gasteiger partial charge is 0.305 e. The zero-order valence-electron chi connectivity index (χ0n) is 12.9. The second kappa shape index (κ2) is 4.45. The maximum absolute atomic E-state index is 12.3. The normalized spacial score (nSPS) is 45.4. The van der Waals surface area contributed by atoms with Crippen LogP contribution < -0.4 is 11.1 Å². The summed E-state index contributed by atoms with van der Waals surface area (Å²) >= 11 is 0. The minimum absolute atomic E-state index is 0.157. The predicted octanol–water partition coefficient (Wildman–Crippen LogP) is 1.65. The Bertz CT molecular complexity index is 472. The zero-order chi connectivity index (χ0) is 15.5. The fourth-order valence-corrected chi connectivity index (χ4v) is 6.22. The van der Waals surface area contributed by atoms with Gasteiger partial charge in [-0.2, -0.15) is 0 Å². The Morgan fingerprint density at radius 3 is 2.24 bits per heavy atom. The SMILES string of the molecule is CC12CC3CC(C)(C1)CC(NC(=O)C(N)CC(=O)O)(C3)C2. The van der Waals surface area contributed by atoms with Crippen molar-refractivity contribution >= 4 is 11.9 Å². The van der Waals surface area contributed by atoms with E-state index >= 15 is 0 Å². The number of carboxylic acids is 1. The summed E-state index contributed by atoms with van der Waals surface area (Å²) in [5.74, 6) is -0.638. The number of aliphatic carboxylic acids is 1. The molecule has 4 aliphatic carbocycles. The maximum Gasteiger partial charge on any atom is 0.305 e. The Morgan fingerprint density at radius 2 is 1.76 bits per heavy atom. The summed E-state index contributed by atoms with van der Waals surface area (Å²) in [6, 6.07) is -0.948. The number of hydrogen-bond acceptors (Lipinski definition) is 3. The van der Waals surface area contributed by atoms with Gasteiger partial charge >= 0.3 is 5.97 Å². The molecule has 0 aromatic rings. The lowest BCUT2D eigenvalue weighted by Crippen LogP contribution is -2.66. The monoisotopic (exact) mass is 294 g/mol. The van der Waals surface area contributed by atoms with Crippen LogP contribution in [0.2, 0.25) is 0 Å². The summed E-state index contributed by atoms with van der Waals surface area (Å²) in [5, 5.41) is 11.9. The van der Waals surface area contributed by atoms with Crippen molar-refractivity contribution in [1.82, 2.24) is 5.32 Å². The summed E-state index contributed by atoms with van der Waals surface area (Å²) < 4.78 is 0. The number of nitrogens with one attached hydrogen (secondary N) is 1. The van der Waals surface area contributed by atoms with E-state index in [1.807, 2.05) is 0 Å². The van der Waals surface area contributed by atoms with Gasteiger partial charge in [-0.15, -0.1) is 0 Å². The van der Waals surface area contributed by atoms with Gasteiger partial charge in [-0.25, -0.2) is 0 Å². The van der Waals surface area contributed by atoms with E-state index in [0.717, 1.165) is 19.3 Å². The summed E-state index contributed by atoms with van der Waals surface area (Å²) in [5.41, 5.74) is 6.20. The molecule has 4 fully saturated rings. The second-order valence-electron chi connectivity index (χ2n) is 8.60. The average Bonchev–Trinajstić information content (AvgIpc) is 2.21. The van der Waals surface area contributed by atoms with Crippen LogP contribution in [0.1, 0.15) is 58.8 Å². The first kappa shape index (κ1) is 14.8. The van der Waals surface area contributed by atoms with Crippen LogP contribution in [0.15, 0.2) is 0 Å². The maximum atomic E-state index is 12.3. The van der Waals surface area contributed by atoms with Crippen LogP contribution in [-0.4, -0.2) is 28.6 Å². The van der Waals surface area contributed by atoms with Crippen molar-refractivity contribution in [2.45, 2.75) is 70.4 Å². The van der Waals surface area contributed by atoms with E-state index in [-0.39, 0.29) is 17.9 Å². The van der Waals surface area contributed by atoms with E-state index in [9.17, 15) is 9.59 Å². The Balaban J connectivity index is 1.76. The molecule has 3 unspecified atom stereocenters. The van der Waals surface area contributed by atoms with Crippen molar-refractivity contribution in [2.24, 2.45) is 22.5 Å². The highest BCUT2D eigenvalue weighted by molar-refractivity contribution is 5.86. The minimum atomic E-state index is -1.03. The highest BCUT2D eigenvalue weighted by atomic mass is 16.4. The van der Waals surface area contributed by atoms with Gasteiger partial charge < -0.3 is 16.2 Å². The molecule has 4 saturated carbocycles. The van der Waals surface area contributed by atoms with E-state index < -0.39 is 12.0 Å². The highest BCUT2D eigenvalue weighted by Crippen LogP contribution is 2.66. The molecule has 0 aromatic heterocycles. The van der Waals surface area contributed by atoms with Crippen LogP contribution in [0.5, 0.6) is 0 Å². The van der Waals surface area contributed by atoms with E-state index in [1.165, 1.54) is 19.3 Å². The molecule has 5 heteroatoms. The molecule has 5 nitrogen and oxygen atoms in total. The van der Waals surface area contributed by atoms with E-state index in [4.69, 9.17) is 10.8 Å². The molecule has 4 rings (SSSR count). The molecule has 21 heavy (non-hydrogen) atoms. The number of amides is 1. The predicted molar refractivity (Wildman–Crippen MR) is 78.5 cm³/mol. The minimum Gasteiger partial charge on any atom is -0.481 e. The molecule has 0 saturated heterocycles. The molecule has 0 aromatic carbocycles. The lowest BCUT2D eigenvalue weighted by atomic mass is 9.43. The number of carbonyl (C=O) groups is 2. The number of carbonyl (C=O) groups excluding carboxylic acids is 1. The largest absolute Gasteiger partial charge is 0.481 e. The van der Waals surface area contributed by atoms with Crippen LogP contribution in [0.25, 0.3) is 0 Å². The van der Waals surface area contributed by atoms with Crippen molar-refractivity contribution in [3.05, 3.63) is 0 Å². The van der Waals surface area contributed by atoms with Gasteiger partial charge in [-0.05, 0) is 55.3 Å². The van der Waals surface area contributed by atoms with Crippen LogP contribution in [0, 0.1) is 16.7 Å². The van der Waals surface area contributed by atoms with Gasteiger partial charge in [0.05, 0.1) is 12.5 Å². The third-order valence-electron chi connectivity index (χ3n) is 5.75. The topological polar surface area (TPSA) is 92.4 Å². The molecule has 118 valence electrons. The first-order valence-corrected chi connectivity index (χ1v) is 7.92. The van der Waals surface area contributed by atoms with Crippen LogP contribution >= 0.6 is 0 Å². The van der Waals surface area contributed by atoms with Crippen molar-refractivity contribution in [2.75, 3.05) is 0 Å². The van der Waals surface area contributed by atoms with Gasteiger partial charge in [0.15, 0.2) is 0 Å². The molecular weight excluding hydrogens is 268 g/mol. The van der Waals surface area contributed by atoms with Crippen LogP contribution in [-0.2, 0) is 9.59 Å². The molecule has 4 N–H and O–H groups in total. The molecule has 4 bridgehead atoms. The lowest BCUT2D eigenvalue weighted by Gasteiger charge is -2.65. The van der Waals surface area contributed by atoms with E-state index in [0.29, 0.717) is 16.7 Å². The van der Waals surface area contributed by atoms with Crippen molar-refractivity contribution in [3.8, 4) is 0 Å². The molecule has 0 radical (unpaired) electrons. The third kappa shape index (κ3) is 2.68. The van der Waals surface area contributed by atoms with Crippen LogP contribution in [0.3, 0.4) is 0 Å². The number of nitrogens with two attached hydrogens (primary N) is 1. The van der Waals surface area contributed by atoms with Gasteiger partial charge in [0, 0.05) is 5.54 Å². The third-order valence-corrected chi connectivity index (χ3v) is 5.75. The second-order valence-corrected chi connectivity index (χ2v) is 8.60. The van der Waals surface area contributed by atoms with Gasteiger partial charge in [0.1, 0.15) is 0 Å². The molecular formula is C16H26N2O3. The Labute approximate surface area is 125 Å². The standard InChI is InChI=1S/C16H26N2O3/c1-14-4-10-5-15(2,7-14)9-16(6-10,8-14)18-13(21)11(17)3-12(19)20/h10-11H,3-9,17H2,1-2H3,(H,18,21)(H,19,20). The number of rotatable bonds is 4. The number of hydrogen-bond donors (Lipinski definition) is 3. The molecule has 0 heterocycles. The van der Waals surface area contributed by atoms with E-state index in [2.05, 4.69) is 19.2 Å². The Hall–Kier alpha value is -1.10. The van der Waals surface area contributed by atoms with Crippen LogP contribution in [0.4, 0.5) is 0 Å². The summed E-state index contributed by atoms with van der Waals surface area (Å²) in [6.45, 7) is 4.68. The van der Waals surface area contributed by atoms with Gasteiger partial charge in [0.25, 0.3) is 0 Å². The van der Waals surface area contributed by atoms with Gasteiger partial charge in [-0.1, -0.05) is 13.8 Å². The quantitative estimate of drug-likeness (QED) is 0.735. The summed E-state index contributed by atoms with van der Waals surface area (Å²) in [4.78, 5) is 23.0. The van der Waals surface area contributed by atoms with Gasteiger partial charge in [0.2, 0.25) is 5.91 Å². The fourth-order valence-electron chi connectivity index (χ4n) is 6.22. The highest BCUT2D eigenvalue weighted by Gasteiger charge is 2.60. The summed E-state index contributed by atoms with van der Waals surface area (Å²) in [7, 11) is 0. The average molecular weight is 294 g/mol. The molecule has 0 spiro atoms. The van der Waals surface area contributed by atoms with Gasteiger partial charge in [-0.3, -0.25) is 9.59 Å². The van der Waals surface area contributed by atoms with Crippen molar-refractivity contribution in [1.29, 1.82) is 0 Å². The molecule has 0 aliphatic heterocycles. The molecule has 4 aliphatic rings. The van der Waals surface area contributed by atoms with Crippen molar-refractivity contribution in [3.63, 3.8) is 0 Å². The molecule has 3 atom stereocenters. The van der Waals surface area contributed by atoms with E-state index in [1.54, 1.807) is 0 Å². The zero-order valence-corrected chi connectivity index (χ0v) is 12.9. The first-order chi connectivity index (χ1) is 9.63. The number of carboxylic acid groups (broad SMARTS) is 1. The first-order valence-electron chi connectivity index (χ1n) is 7.92. The summed E-state index contributed by atoms with van der Waals surface area (Å²) in [6.07, 6.45) is 6.52. The Kier molecular flexibility index (Phi) is 3.14. The van der Waals surface area contributed by atoms with Crippen molar-refractivity contribution < 1.29 is 14.7 Å². The Morgan fingerprint density at radius 1 is 1.19 bits per heavy atom. The lowest BCUT2D eigenvalue weighted by molar-refractivity contribution is -0.145.